The Hall–Kier alpha value is -1.22. The molecule has 2 aliphatic carbocycles. The molecule has 0 spiro atoms. The summed E-state index contributed by atoms with van der Waals surface area (Å²) in [5.74, 6) is 1.81. The number of hydrogen-bond acceptors (Lipinski definition) is 1. The third kappa shape index (κ3) is 5.19. The van der Waals surface area contributed by atoms with E-state index in [4.69, 9.17) is 4.74 Å². The number of benzene rings is 1. The van der Waals surface area contributed by atoms with Crippen LogP contribution in [0.1, 0.15) is 81.8 Å². The number of allylic oxidation sites excluding steroid dienone is 2. The number of methoxy groups -OCH3 is 1. The van der Waals surface area contributed by atoms with Gasteiger partial charge >= 0.3 is 0 Å². The van der Waals surface area contributed by atoms with Crippen molar-refractivity contribution in [2.24, 2.45) is 17.8 Å². The van der Waals surface area contributed by atoms with E-state index in [-0.39, 0.29) is 12.2 Å². The van der Waals surface area contributed by atoms with Crippen molar-refractivity contribution in [2.75, 3.05) is 7.11 Å². The van der Waals surface area contributed by atoms with E-state index in [9.17, 15) is 8.78 Å². The molecule has 0 unspecified atom stereocenters. The van der Waals surface area contributed by atoms with Crippen LogP contribution < -0.4 is 0 Å². The van der Waals surface area contributed by atoms with Crippen molar-refractivity contribution < 1.29 is 13.5 Å². The molecule has 2 saturated carbocycles. The normalized spacial score (nSPS) is 29.3. The first-order chi connectivity index (χ1) is 13.1. The molecule has 3 rings (SSSR count). The number of ether oxygens (including phenoxy) is 1. The van der Waals surface area contributed by atoms with E-state index in [1.807, 2.05) is 0 Å². The molecule has 0 heterocycles. The Morgan fingerprint density at radius 2 is 1.48 bits per heavy atom. The second kappa shape index (κ2) is 9.82. The molecular weight excluding hydrogens is 342 g/mol. The first kappa shape index (κ1) is 20.5. The highest BCUT2D eigenvalue weighted by molar-refractivity contribution is 5.28. The fraction of sp³-hybridized carbons (Fsp3) is 0.667. The van der Waals surface area contributed by atoms with Crippen LogP contribution in [0.5, 0.6) is 0 Å². The van der Waals surface area contributed by atoms with Crippen molar-refractivity contribution in [3.05, 3.63) is 47.0 Å². The van der Waals surface area contributed by atoms with Gasteiger partial charge in [-0.1, -0.05) is 19.1 Å². The minimum Gasteiger partial charge on any atom is -0.380 e. The molecule has 0 atom stereocenters. The van der Waals surface area contributed by atoms with Gasteiger partial charge in [-0.2, -0.15) is 0 Å². The lowest BCUT2D eigenvalue weighted by atomic mass is 9.68. The average Bonchev–Trinajstić information content (AvgIpc) is 2.69. The Labute approximate surface area is 163 Å². The summed E-state index contributed by atoms with van der Waals surface area (Å²) in [6.45, 7) is 2.18. The summed E-state index contributed by atoms with van der Waals surface area (Å²) in [4.78, 5) is 0. The van der Waals surface area contributed by atoms with Crippen molar-refractivity contribution in [2.45, 2.75) is 77.2 Å². The average molecular weight is 377 g/mol. The molecule has 3 heteroatoms. The molecule has 2 aliphatic rings. The van der Waals surface area contributed by atoms with Gasteiger partial charge < -0.3 is 4.74 Å². The van der Waals surface area contributed by atoms with Crippen molar-refractivity contribution in [1.29, 1.82) is 0 Å². The van der Waals surface area contributed by atoms with Crippen LogP contribution in [0.2, 0.25) is 0 Å². The van der Waals surface area contributed by atoms with E-state index in [2.05, 4.69) is 19.1 Å². The monoisotopic (exact) mass is 376 g/mol. The van der Waals surface area contributed by atoms with Crippen molar-refractivity contribution in [3.8, 4) is 0 Å². The molecule has 1 aromatic carbocycles. The summed E-state index contributed by atoms with van der Waals surface area (Å²) in [5, 5.41) is 0. The summed E-state index contributed by atoms with van der Waals surface area (Å²) in [6, 6.07) is 3.07. The highest BCUT2D eigenvalue weighted by atomic mass is 19.1. The summed E-state index contributed by atoms with van der Waals surface area (Å²) < 4.78 is 33.3. The molecule has 0 bridgehead atoms. The summed E-state index contributed by atoms with van der Waals surface area (Å²) in [5.41, 5.74) is 0.875. The second-order valence-electron chi connectivity index (χ2n) is 8.52. The van der Waals surface area contributed by atoms with E-state index in [0.29, 0.717) is 5.92 Å². The SMILES string of the molecule is CC/C=C/[C@H]1CC[C@H](C2CCC(c3cc(F)c(COC)c(F)c3)CC2)CC1. The highest BCUT2D eigenvalue weighted by Gasteiger charge is 2.31. The fourth-order valence-corrected chi connectivity index (χ4v) is 5.20. The maximum Gasteiger partial charge on any atom is 0.131 e. The van der Waals surface area contributed by atoms with Gasteiger partial charge in [-0.3, -0.25) is 0 Å². The van der Waals surface area contributed by atoms with E-state index in [1.165, 1.54) is 57.8 Å². The summed E-state index contributed by atoms with van der Waals surface area (Å²) in [6.07, 6.45) is 15.8. The molecule has 0 aliphatic heterocycles. The maximum atomic E-state index is 14.2. The van der Waals surface area contributed by atoms with Gasteiger partial charge in [0.2, 0.25) is 0 Å². The van der Waals surface area contributed by atoms with Gasteiger partial charge in [0.1, 0.15) is 11.6 Å². The topological polar surface area (TPSA) is 9.23 Å². The third-order valence-electron chi connectivity index (χ3n) is 6.82. The first-order valence-electron chi connectivity index (χ1n) is 10.8. The van der Waals surface area contributed by atoms with Gasteiger partial charge in [-0.15, -0.1) is 0 Å². The third-order valence-corrected chi connectivity index (χ3v) is 6.82. The van der Waals surface area contributed by atoms with Gasteiger partial charge in [0.15, 0.2) is 0 Å². The lowest BCUT2D eigenvalue weighted by Crippen LogP contribution is -2.25. The predicted octanol–water partition coefficient (Wildman–Crippen LogP) is 7.16. The Morgan fingerprint density at radius 1 is 0.926 bits per heavy atom. The molecular formula is C24H34F2O. The molecule has 0 N–H and O–H groups in total. The van der Waals surface area contributed by atoms with Gasteiger partial charge in [0.05, 0.1) is 6.61 Å². The lowest BCUT2D eigenvalue weighted by Gasteiger charge is -2.37. The molecule has 0 radical (unpaired) electrons. The van der Waals surface area contributed by atoms with Crippen LogP contribution in [0.15, 0.2) is 24.3 Å². The van der Waals surface area contributed by atoms with E-state index in [1.54, 1.807) is 0 Å². The van der Waals surface area contributed by atoms with Gasteiger partial charge in [0.25, 0.3) is 0 Å². The van der Waals surface area contributed by atoms with Gasteiger partial charge in [0, 0.05) is 12.7 Å². The minimum absolute atomic E-state index is 0.0131. The zero-order valence-corrected chi connectivity index (χ0v) is 16.9. The smallest absolute Gasteiger partial charge is 0.131 e. The predicted molar refractivity (Wildman–Crippen MR) is 107 cm³/mol. The molecule has 2 fully saturated rings. The van der Waals surface area contributed by atoms with Crippen LogP contribution in [0, 0.1) is 29.4 Å². The largest absolute Gasteiger partial charge is 0.380 e. The quantitative estimate of drug-likeness (QED) is 0.479. The fourth-order valence-electron chi connectivity index (χ4n) is 5.20. The van der Waals surface area contributed by atoms with Crippen molar-refractivity contribution in [1.82, 2.24) is 0 Å². The zero-order valence-electron chi connectivity index (χ0n) is 16.9. The number of halogens is 2. The standard InChI is InChI=1S/C24H34F2O/c1-3-4-5-17-6-8-18(9-7-17)19-10-12-20(13-11-19)21-14-23(25)22(16-27-2)24(26)15-21/h4-5,14-15,17-20H,3,6-13,16H2,1-2H3/b5-4+/t17-,18-,19?,20?. The first-order valence-corrected chi connectivity index (χ1v) is 10.8. The summed E-state index contributed by atoms with van der Waals surface area (Å²) in [7, 11) is 1.46. The molecule has 0 amide bonds. The van der Waals surface area contributed by atoms with Crippen LogP contribution >= 0.6 is 0 Å². The van der Waals surface area contributed by atoms with Crippen molar-refractivity contribution >= 4 is 0 Å². The minimum atomic E-state index is -0.465. The molecule has 150 valence electrons. The number of hydrogen-bond donors (Lipinski definition) is 0. The van der Waals surface area contributed by atoms with E-state index in [0.717, 1.165) is 42.6 Å². The molecule has 27 heavy (non-hydrogen) atoms. The van der Waals surface area contributed by atoms with Crippen LogP contribution in [-0.2, 0) is 11.3 Å². The van der Waals surface area contributed by atoms with Crippen LogP contribution in [0.4, 0.5) is 8.78 Å². The second-order valence-corrected chi connectivity index (χ2v) is 8.52. The van der Waals surface area contributed by atoms with Crippen LogP contribution in [-0.4, -0.2) is 7.11 Å². The van der Waals surface area contributed by atoms with Crippen LogP contribution in [0.25, 0.3) is 0 Å². The molecule has 0 aromatic heterocycles. The Morgan fingerprint density at radius 3 is 2.00 bits per heavy atom. The Bertz CT molecular complexity index is 600. The zero-order chi connectivity index (χ0) is 19.2. The van der Waals surface area contributed by atoms with E-state index < -0.39 is 11.6 Å². The van der Waals surface area contributed by atoms with Gasteiger partial charge in [-0.25, -0.2) is 8.78 Å². The Balaban J connectivity index is 1.53. The Kier molecular flexibility index (Phi) is 7.46. The van der Waals surface area contributed by atoms with Gasteiger partial charge in [-0.05, 0) is 99.2 Å². The van der Waals surface area contributed by atoms with E-state index >= 15 is 0 Å². The lowest BCUT2D eigenvalue weighted by molar-refractivity contribution is 0.170. The molecule has 1 aromatic rings. The highest BCUT2D eigenvalue weighted by Crippen LogP contribution is 2.44. The van der Waals surface area contributed by atoms with Crippen molar-refractivity contribution in [3.63, 3.8) is 0 Å². The van der Waals surface area contributed by atoms with Crippen LogP contribution in [0.3, 0.4) is 0 Å². The summed E-state index contributed by atoms with van der Waals surface area (Å²) >= 11 is 0. The number of rotatable bonds is 6. The maximum absolute atomic E-state index is 14.2. The molecule has 0 saturated heterocycles. The molecule has 1 nitrogen and oxygen atoms in total.